The van der Waals surface area contributed by atoms with Crippen molar-refractivity contribution < 1.29 is 14.3 Å². The fourth-order valence-electron chi connectivity index (χ4n) is 2.64. The molecule has 0 bridgehead atoms. The number of hydrogen-bond acceptors (Lipinski definition) is 6. The van der Waals surface area contributed by atoms with Crippen molar-refractivity contribution in [3.63, 3.8) is 0 Å². The van der Waals surface area contributed by atoms with Crippen molar-refractivity contribution in [1.82, 2.24) is 15.0 Å². The van der Waals surface area contributed by atoms with E-state index in [-0.39, 0.29) is 5.97 Å². The fraction of sp³-hybridized carbons (Fsp3) is 0.250. The van der Waals surface area contributed by atoms with Crippen LogP contribution in [0.2, 0.25) is 0 Å². The van der Waals surface area contributed by atoms with Gasteiger partial charge in [-0.1, -0.05) is 41.6 Å². The van der Waals surface area contributed by atoms with E-state index in [0.717, 1.165) is 21.9 Å². The van der Waals surface area contributed by atoms with E-state index in [1.165, 1.54) is 7.11 Å². The predicted molar refractivity (Wildman–Crippen MR) is 104 cm³/mol. The Hall–Kier alpha value is -2.80. The average Bonchev–Trinajstić information content (AvgIpc) is 3.19. The third kappa shape index (κ3) is 5.10. The van der Waals surface area contributed by atoms with Crippen LogP contribution in [0.4, 0.5) is 0 Å². The van der Waals surface area contributed by atoms with Gasteiger partial charge < -0.3 is 9.47 Å². The predicted octanol–water partition coefficient (Wildman–Crippen LogP) is 3.54. The minimum Gasteiger partial charge on any atom is -0.497 e. The minimum atomic E-state index is -0.541. The SMILES string of the molecule is COC(=O)[C@H](Cc1ccccc1)n1cc(CSc2cccc(OC)c2)nn1. The third-order valence-corrected chi connectivity index (χ3v) is 5.08. The highest BCUT2D eigenvalue weighted by atomic mass is 32.2. The van der Waals surface area contributed by atoms with Gasteiger partial charge >= 0.3 is 5.97 Å². The lowest BCUT2D eigenvalue weighted by atomic mass is 10.1. The van der Waals surface area contributed by atoms with Crippen LogP contribution in [0.15, 0.2) is 65.7 Å². The van der Waals surface area contributed by atoms with Crippen LogP contribution in [0.3, 0.4) is 0 Å². The Bertz CT molecular complexity index is 883. The lowest BCUT2D eigenvalue weighted by Crippen LogP contribution is -2.23. The molecule has 0 N–H and O–H groups in total. The molecule has 0 aliphatic carbocycles. The van der Waals surface area contributed by atoms with Gasteiger partial charge in [0.2, 0.25) is 0 Å². The van der Waals surface area contributed by atoms with Crippen molar-refractivity contribution >= 4 is 17.7 Å². The minimum absolute atomic E-state index is 0.337. The Morgan fingerprint density at radius 2 is 1.96 bits per heavy atom. The molecule has 0 saturated heterocycles. The molecule has 140 valence electrons. The van der Waals surface area contributed by atoms with E-state index >= 15 is 0 Å². The van der Waals surface area contributed by atoms with E-state index in [1.807, 2.05) is 54.6 Å². The molecule has 7 heteroatoms. The summed E-state index contributed by atoms with van der Waals surface area (Å²) in [5.41, 5.74) is 1.83. The largest absolute Gasteiger partial charge is 0.497 e. The number of aromatic nitrogens is 3. The zero-order valence-corrected chi connectivity index (χ0v) is 16.1. The van der Waals surface area contributed by atoms with Crippen molar-refractivity contribution in [2.45, 2.75) is 23.1 Å². The second-order valence-corrected chi connectivity index (χ2v) is 6.93. The smallest absolute Gasteiger partial charge is 0.331 e. The van der Waals surface area contributed by atoms with Gasteiger partial charge in [-0.25, -0.2) is 9.48 Å². The Morgan fingerprint density at radius 1 is 1.15 bits per heavy atom. The first-order valence-corrected chi connectivity index (χ1v) is 9.47. The van der Waals surface area contributed by atoms with Crippen LogP contribution in [0.1, 0.15) is 17.3 Å². The zero-order valence-electron chi connectivity index (χ0n) is 15.2. The summed E-state index contributed by atoms with van der Waals surface area (Å²) < 4.78 is 11.8. The van der Waals surface area contributed by atoms with Gasteiger partial charge in [-0.3, -0.25) is 0 Å². The van der Waals surface area contributed by atoms with E-state index < -0.39 is 6.04 Å². The number of benzene rings is 2. The van der Waals surface area contributed by atoms with Crippen LogP contribution in [-0.4, -0.2) is 35.2 Å². The molecule has 0 amide bonds. The van der Waals surface area contributed by atoms with Gasteiger partial charge in [0, 0.05) is 17.1 Å². The van der Waals surface area contributed by atoms with E-state index in [4.69, 9.17) is 9.47 Å². The monoisotopic (exact) mass is 383 g/mol. The summed E-state index contributed by atoms with van der Waals surface area (Å²) in [5.74, 6) is 1.12. The van der Waals surface area contributed by atoms with Gasteiger partial charge in [-0.05, 0) is 23.8 Å². The topological polar surface area (TPSA) is 66.2 Å². The first-order chi connectivity index (χ1) is 13.2. The Labute approximate surface area is 162 Å². The van der Waals surface area contributed by atoms with Crippen LogP contribution < -0.4 is 4.74 Å². The molecule has 27 heavy (non-hydrogen) atoms. The van der Waals surface area contributed by atoms with E-state index in [9.17, 15) is 4.79 Å². The number of rotatable bonds is 8. The molecule has 0 aliphatic rings. The molecule has 6 nitrogen and oxygen atoms in total. The standard InChI is InChI=1S/C20H21N3O3S/c1-25-17-9-6-10-18(12-17)27-14-16-13-23(22-21-16)19(20(24)26-2)11-15-7-4-3-5-8-15/h3-10,12-13,19H,11,14H2,1-2H3/t19-/m0/s1. The second-order valence-electron chi connectivity index (χ2n) is 5.89. The molecular formula is C20H21N3O3S. The highest BCUT2D eigenvalue weighted by Gasteiger charge is 2.23. The van der Waals surface area contributed by atoms with Crippen LogP contribution in [0.25, 0.3) is 0 Å². The number of hydrogen-bond donors (Lipinski definition) is 0. The molecule has 0 fully saturated rings. The average molecular weight is 383 g/mol. The molecule has 1 aromatic heterocycles. The lowest BCUT2D eigenvalue weighted by Gasteiger charge is -2.14. The second kappa shape index (κ2) is 9.23. The molecule has 0 radical (unpaired) electrons. The number of carbonyl (C=O) groups excluding carboxylic acids is 1. The van der Waals surface area contributed by atoms with E-state index in [2.05, 4.69) is 10.3 Å². The Balaban J connectivity index is 1.70. The van der Waals surface area contributed by atoms with Gasteiger partial charge in [0.1, 0.15) is 5.75 Å². The van der Waals surface area contributed by atoms with Crippen LogP contribution in [-0.2, 0) is 21.7 Å². The van der Waals surface area contributed by atoms with Crippen molar-refractivity contribution in [2.75, 3.05) is 14.2 Å². The highest BCUT2D eigenvalue weighted by molar-refractivity contribution is 7.98. The van der Waals surface area contributed by atoms with Gasteiger partial charge in [-0.15, -0.1) is 16.9 Å². The first kappa shape index (κ1) is 19.0. The number of esters is 1. The Morgan fingerprint density at radius 3 is 2.70 bits per heavy atom. The number of thioether (sulfide) groups is 1. The number of nitrogens with zero attached hydrogens (tertiary/aromatic N) is 3. The van der Waals surface area contributed by atoms with Crippen LogP contribution in [0, 0.1) is 0 Å². The summed E-state index contributed by atoms with van der Waals surface area (Å²) in [6.07, 6.45) is 2.30. The van der Waals surface area contributed by atoms with Gasteiger partial charge in [0.05, 0.1) is 26.1 Å². The number of carbonyl (C=O) groups is 1. The summed E-state index contributed by atoms with van der Waals surface area (Å²) >= 11 is 1.63. The van der Waals surface area contributed by atoms with Crippen molar-refractivity contribution in [3.8, 4) is 5.75 Å². The summed E-state index contributed by atoms with van der Waals surface area (Å²) in [6, 6.07) is 17.1. The van der Waals surface area contributed by atoms with Crippen molar-refractivity contribution in [1.29, 1.82) is 0 Å². The van der Waals surface area contributed by atoms with Crippen LogP contribution in [0.5, 0.6) is 5.75 Å². The van der Waals surface area contributed by atoms with Crippen LogP contribution >= 0.6 is 11.8 Å². The normalized spacial score (nSPS) is 11.8. The zero-order chi connectivity index (χ0) is 19.1. The summed E-state index contributed by atoms with van der Waals surface area (Å²) in [7, 11) is 3.03. The Kier molecular flexibility index (Phi) is 6.49. The molecule has 0 aliphatic heterocycles. The molecule has 2 aromatic carbocycles. The summed E-state index contributed by atoms with van der Waals surface area (Å²) in [5, 5.41) is 8.36. The van der Waals surface area contributed by atoms with Gasteiger partial charge in [0.25, 0.3) is 0 Å². The maximum atomic E-state index is 12.2. The first-order valence-electron chi connectivity index (χ1n) is 8.49. The van der Waals surface area contributed by atoms with Gasteiger partial charge in [-0.2, -0.15) is 0 Å². The van der Waals surface area contributed by atoms with Crippen molar-refractivity contribution in [3.05, 3.63) is 72.1 Å². The fourth-order valence-corrected chi connectivity index (χ4v) is 3.46. The quantitative estimate of drug-likeness (QED) is 0.438. The number of methoxy groups -OCH3 is 2. The molecule has 3 aromatic rings. The lowest BCUT2D eigenvalue weighted by molar-refractivity contribution is -0.144. The molecule has 0 saturated carbocycles. The van der Waals surface area contributed by atoms with Crippen molar-refractivity contribution in [2.24, 2.45) is 0 Å². The molecule has 3 rings (SSSR count). The summed E-state index contributed by atoms with van der Waals surface area (Å²) in [6.45, 7) is 0. The highest BCUT2D eigenvalue weighted by Crippen LogP contribution is 2.26. The molecule has 1 heterocycles. The molecular weight excluding hydrogens is 362 g/mol. The maximum Gasteiger partial charge on any atom is 0.331 e. The third-order valence-electron chi connectivity index (χ3n) is 4.05. The summed E-state index contributed by atoms with van der Waals surface area (Å²) in [4.78, 5) is 13.3. The molecule has 0 unspecified atom stereocenters. The van der Waals surface area contributed by atoms with Gasteiger partial charge in [0.15, 0.2) is 6.04 Å². The number of ether oxygens (including phenoxy) is 2. The van der Waals surface area contributed by atoms with E-state index in [0.29, 0.717) is 12.2 Å². The molecule has 1 atom stereocenters. The molecule has 0 spiro atoms. The maximum absolute atomic E-state index is 12.2. The van der Waals surface area contributed by atoms with E-state index in [1.54, 1.807) is 29.8 Å².